The molecule has 118 valence electrons. The highest BCUT2D eigenvalue weighted by molar-refractivity contribution is 7.99. The Kier molecular flexibility index (Phi) is 12.2. The van der Waals surface area contributed by atoms with Gasteiger partial charge >= 0.3 is 0 Å². The Labute approximate surface area is 120 Å². The van der Waals surface area contributed by atoms with Crippen LogP contribution < -0.4 is 5.73 Å². The second kappa shape index (κ2) is 10.8. The van der Waals surface area contributed by atoms with Crippen molar-refractivity contribution in [1.29, 1.82) is 0 Å². The number of ether oxygens (including phenoxy) is 2. The van der Waals surface area contributed by atoms with E-state index in [4.69, 9.17) is 15.2 Å². The number of rotatable bonds is 7. The molecule has 0 heterocycles. The Morgan fingerprint density at radius 3 is 2.00 bits per heavy atom. The molecule has 0 fully saturated rings. The zero-order chi connectivity index (χ0) is 15.5. The summed E-state index contributed by atoms with van der Waals surface area (Å²) in [6.45, 7) is 9.26. The van der Waals surface area contributed by atoms with Crippen LogP contribution in [0.2, 0.25) is 0 Å². The van der Waals surface area contributed by atoms with Crippen LogP contribution in [0.15, 0.2) is 0 Å². The first-order valence-corrected chi connectivity index (χ1v) is 7.66. The van der Waals surface area contributed by atoms with Gasteiger partial charge in [-0.2, -0.15) is 11.8 Å². The molecule has 3 nitrogen and oxygen atoms in total. The predicted molar refractivity (Wildman–Crippen MR) is 78.9 cm³/mol. The summed E-state index contributed by atoms with van der Waals surface area (Å²) in [6, 6.07) is 0. The second-order valence-electron chi connectivity index (χ2n) is 5.13. The average Bonchev–Trinajstić information content (AvgIpc) is 2.34. The molecule has 2 N–H and O–H groups in total. The van der Waals surface area contributed by atoms with Crippen LogP contribution in [0, 0.1) is 0 Å². The maximum absolute atomic E-state index is 12.5. The summed E-state index contributed by atoms with van der Waals surface area (Å²) in [6.07, 6.45) is 2.36. The Morgan fingerprint density at radius 1 is 1.21 bits per heavy atom. The van der Waals surface area contributed by atoms with Crippen molar-refractivity contribution in [1.82, 2.24) is 0 Å². The van der Waals surface area contributed by atoms with Gasteiger partial charge in [-0.15, -0.1) is 0 Å². The van der Waals surface area contributed by atoms with Crippen molar-refractivity contribution < 1.29 is 18.3 Å². The zero-order valence-corrected chi connectivity index (χ0v) is 13.8. The molecule has 0 aliphatic rings. The topological polar surface area (TPSA) is 44.5 Å². The highest BCUT2D eigenvalue weighted by Crippen LogP contribution is 2.18. The minimum absolute atomic E-state index is 0.458. The molecule has 1 atom stereocenters. The van der Waals surface area contributed by atoms with Crippen molar-refractivity contribution in [2.45, 2.75) is 58.0 Å². The van der Waals surface area contributed by atoms with E-state index >= 15 is 0 Å². The number of nitrogens with two attached hydrogens (primary N) is 1. The van der Waals surface area contributed by atoms with E-state index in [0.717, 1.165) is 6.42 Å². The van der Waals surface area contributed by atoms with Gasteiger partial charge in [-0.1, -0.05) is 27.7 Å². The van der Waals surface area contributed by atoms with Gasteiger partial charge in [0.25, 0.3) is 5.92 Å². The Balaban J connectivity index is 0. The SMILES string of the molecule is CCCOC(C)OCC(F)(F)CN.CSC(C)(C)C. The fourth-order valence-corrected chi connectivity index (χ4v) is 0.630. The molecule has 0 bridgehead atoms. The molecule has 0 spiro atoms. The third-order valence-corrected chi connectivity index (χ3v) is 3.22. The van der Waals surface area contributed by atoms with E-state index in [9.17, 15) is 8.78 Å². The summed E-state index contributed by atoms with van der Waals surface area (Å²) in [5.74, 6) is -2.95. The van der Waals surface area contributed by atoms with Crippen molar-refractivity contribution in [2.75, 3.05) is 26.0 Å². The summed E-state index contributed by atoms with van der Waals surface area (Å²) in [5.41, 5.74) is 4.82. The molecule has 19 heavy (non-hydrogen) atoms. The monoisotopic (exact) mass is 301 g/mol. The van der Waals surface area contributed by atoms with Gasteiger partial charge in [0.2, 0.25) is 0 Å². The highest BCUT2D eigenvalue weighted by atomic mass is 32.2. The second-order valence-corrected chi connectivity index (χ2v) is 6.76. The molecule has 0 aliphatic carbocycles. The number of hydrogen-bond acceptors (Lipinski definition) is 4. The van der Waals surface area contributed by atoms with Crippen molar-refractivity contribution in [2.24, 2.45) is 5.73 Å². The van der Waals surface area contributed by atoms with Crippen LogP contribution in [-0.4, -0.2) is 43.0 Å². The van der Waals surface area contributed by atoms with Crippen molar-refractivity contribution >= 4 is 11.8 Å². The van der Waals surface area contributed by atoms with E-state index in [0.29, 0.717) is 11.4 Å². The summed E-state index contributed by atoms with van der Waals surface area (Å²) in [5, 5.41) is 0. The lowest BCUT2D eigenvalue weighted by atomic mass is 10.3. The lowest BCUT2D eigenvalue weighted by Gasteiger charge is -2.18. The molecular weight excluding hydrogens is 272 g/mol. The van der Waals surface area contributed by atoms with E-state index in [2.05, 4.69) is 27.0 Å². The Bertz CT molecular complexity index is 211. The Morgan fingerprint density at radius 2 is 1.68 bits per heavy atom. The van der Waals surface area contributed by atoms with Crippen LogP contribution in [0.25, 0.3) is 0 Å². The Hall–Kier alpha value is 0.0900. The lowest BCUT2D eigenvalue weighted by Crippen LogP contribution is -2.35. The van der Waals surface area contributed by atoms with Gasteiger partial charge in [-0.25, -0.2) is 8.78 Å². The van der Waals surface area contributed by atoms with Crippen molar-refractivity contribution in [3.63, 3.8) is 0 Å². The van der Waals surface area contributed by atoms with E-state index in [1.807, 2.05) is 18.7 Å². The van der Waals surface area contributed by atoms with Crippen LogP contribution in [0.4, 0.5) is 8.78 Å². The van der Waals surface area contributed by atoms with E-state index in [1.54, 1.807) is 6.92 Å². The summed E-state index contributed by atoms with van der Waals surface area (Å²) in [4.78, 5) is 0. The molecule has 0 saturated heterocycles. The number of hydrogen-bond donors (Lipinski definition) is 1. The molecule has 0 saturated carbocycles. The van der Waals surface area contributed by atoms with E-state index in [1.165, 1.54) is 0 Å². The highest BCUT2D eigenvalue weighted by Gasteiger charge is 2.27. The molecule has 1 unspecified atom stereocenters. The number of thioether (sulfide) groups is 1. The van der Waals surface area contributed by atoms with Crippen molar-refractivity contribution in [3.8, 4) is 0 Å². The molecule has 0 rings (SSSR count). The van der Waals surface area contributed by atoms with Gasteiger partial charge in [-0.3, -0.25) is 0 Å². The lowest BCUT2D eigenvalue weighted by molar-refractivity contribution is -0.175. The standard InChI is InChI=1S/C8H17F2NO2.C5H12S/c1-3-4-12-7(2)13-6-8(9,10)5-11;1-5(2,3)6-4/h7H,3-6,11H2,1-2H3;1-4H3. The largest absolute Gasteiger partial charge is 0.353 e. The van der Waals surface area contributed by atoms with Crippen LogP contribution >= 0.6 is 11.8 Å². The van der Waals surface area contributed by atoms with Gasteiger partial charge in [-0.05, 0) is 19.6 Å². The third-order valence-electron chi connectivity index (χ3n) is 2.00. The van der Waals surface area contributed by atoms with Crippen LogP contribution in [0.3, 0.4) is 0 Å². The van der Waals surface area contributed by atoms with Gasteiger partial charge in [0, 0.05) is 11.4 Å². The number of alkyl halides is 2. The maximum atomic E-state index is 12.5. The fraction of sp³-hybridized carbons (Fsp3) is 1.00. The molecule has 0 aliphatic heterocycles. The number of halogens is 2. The molecule has 0 aromatic heterocycles. The zero-order valence-electron chi connectivity index (χ0n) is 13.0. The fourth-order valence-electron chi connectivity index (χ4n) is 0.630. The third kappa shape index (κ3) is 18.1. The van der Waals surface area contributed by atoms with Gasteiger partial charge < -0.3 is 15.2 Å². The normalized spacial score (nSPS) is 13.7. The summed E-state index contributed by atoms with van der Waals surface area (Å²) in [7, 11) is 0. The minimum atomic E-state index is -2.95. The molecule has 0 radical (unpaired) electrons. The molecule has 0 amide bonds. The maximum Gasteiger partial charge on any atom is 0.283 e. The van der Waals surface area contributed by atoms with Crippen LogP contribution in [-0.2, 0) is 9.47 Å². The first kappa shape index (κ1) is 21.4. The van der Waals surface area contributed by atoms with Crippen molar-refractivity contribution in [3.05, 3.63) is 0 Å². The smallest absolute Gasteiger partial charge is 0.283 e. The van der Waals surface area contributed by atoms with Gasteiger partial charge in [0.15, 0.2) is 6.29 Å². The summed E-state index contributed by atoms with van der Waals surface area (Å²) >= 11 is 1.88. The van der Waals surface area contributed by atoms with Gasteiger partial charge in [0.1, 0.15) is 6.61 Å². The average molecular weight is 301 g/mol. The molecule has 0 aromatic carbocycles. The minimum Gasteiger partial charge on any atom is -0.353 e. The van der Waals surface area contributed by atoms with Crippen LogP contribution in [0.5, 0.6) is 0 Å². The summed E-state index contributed by atoms with van der Waals surface area (Å²) < 4.78 is 35.3. The molecule has 0 aromatic rings. The quantitative estimate of drug-likeness (QED) is 0.731. The van der Waals surface area contributed by atoms with Crippen LogP contribution in [0.1, 0.15) is 41.0 Å². The van der Waals surface area contributed by atoms with E-state index < -0.39 is 25.4 Å². The first-order valence-electron chi connectivity index (χ1n) is 6.44. The predicted octanol–water partition coefficient (Wildman–Crippen LogP) is 3.52. The first-order chi connectivity index (χ1) is 8.58. The van der Waals surface area contributed by atoms with Gasteiger partial charge in [0.05, 0.1) is 6.54 Å². The molecular formula is C13H29F2NO2S. The molecule has 6 heteroatoms. The van der Waals surface area contributed by atoms with E-state index in [-0.39, 0.29) is 0 Å².